The first-order valence-electron chi connectivity index (χ1n) is 6.65. The number of hydrogen-bond acceptors (Lipinski definition) is 2. The van der Waals surface area contributed by atoms with E-state index in [2.05, 4.69) is 29.0 Å². The lowest BCUT2D eigenvalue weighted by atomic mass is 9.74. The Bertz CT molecular complexity index is 381. The molecule has 2 rings (SSSR count). The number of nitrogens with one attached hydrogen (secondary N) is 1. The lowest BCUT2D eigenvalue weighted by molar-refractivity contribution is 0.218. The van der Waals surface area contributed by atoms with E-state index >= 15 is 0 Å². The lowest BCUT2D eigenvalue weighted by Crippen LogP contribution is -2.58. The first kappa shape index (κ1) is 13.9. The Labute approximate surface area is 113 Å². The Kier molecular flexibility index (Phi) is 4.05. The van der Waals surface area contributed by atoms with Gasteiger partial charge in [0, 0.05) is 11.4 Å². The number of hydrogen-bond donors (Lipinski definition) is 1. The van der Waals surface area contributed by atoms with Gasteiger partial charge in [-0.15, -0.1) is 4.72 Å². The zero-order valence-electron chi connectivity index (χ0n) is 11.5. The summed E-state index contributed by atoms with van der Waals surface area (Å²) in [5.41, 5.74) is 1.38. The average Bonchev–Trinajstić information content (AvgIpc) is 2.26. The molecule has 0 aliphatic heterocycles. The highest BCUT2D eigenvalue weighted by Gasteiger charge is 2.43. The van der Waals surface area contributed by atoms with Crippen LogP contribution < -0.4 is 4.72 Å². The Morgan fingerprint density at radius 1 is 1.22 bits per heavy atom. The predicted octanol–water partition coefficient (Wildman–Crippen LogP) is 3.20. The van der Waals surface area contributed by atoms with Crippen LogP contribution in [-0.4, -0.2) is 14.8 Å². The van der Waals surface area contributed by atoms with Crippen LogP contribution in [0.5, 0.6) is 0 Å². The van der Waals surface area contributed by atoms with Crippen molar-refractivity contribution in [2.45, 2.75) is 56.7 Å². The van der Waals surface area contributed by atoms with Gasteiger partial charge in [-0.25, -0.2) is 0 Å². The molecule has 1 aliphatic carbocycles. The van der Waals surface area contributed by atoms with Gasteiger partial charge in [0.25, 0.3) is 0 Å². The summed E-state index contributed by atoms with van der Waals surface area (Å²) in [6, 6.07) is 10.5. The molecule has 1 aromatic rings. The van der Waals surface area contributed by atoms with Gasteiger partial charge in [0.1, 0.15) is 4.75 Å². The molecule has 3 heteroatoms. The van der Waals surface area contributed by atoms with Gasteiger partial charge in [-0.3, -0.25) is 0 Å². The standard InChI is InChI=1S/C15H23NOS/c1-14(2,3)18(17)16-15(10-7-11-15)12-13-8-5-4-6-9-13/h4-6,8-9,16H,7,10-12H2,1-3H3. The van der Waals surface area contributed by atoms with Gasteiger partial charge < -0.3 is 4.55 Å². The second-order valence-electron chi connectivity index (χ2n) is 6.28. The Morgan fingerprint density at radius 3 is 2.28 bits per heavy atom. The van der Waals surface area contributed by atoms with E-state index in [0.717, 1.165) is 19.3 Å². The summed E-state index contributed by atoms with van der Waals surface area (Å²) in [7, 11) is 0. The highest BCUT2D eigenvalue weighted by Crippen LogP contribution is 2.36. The maximum Gasteiger partial charge on any atom is 0.136 e. The molecule has 0 bridgehead atoms. The monoisotopic (exact) mass is 265 g/mol. The van der Waals surface area contributed by atoms with E-state index in [-0.39, 0.29) is 10.3 Å². The molecule has 0 radical (unpaired) electrons. The van der Waals surface area contributed by atoms with E-state index in [0.29, 0.717) is 0 Å². The molecule has 0 spiro atoms. The summed E-state index contributed by atoms with van der Waals surface area (Å²) < 4.78 is 15.5. The van der Waals surface area contributed by atoms with E-state index in [1.807, 2.05) is 26.8 Å². The number of benzene rings is 1. The van der Waals surface area contributed by atoms with E-state index in [9.17, 15) is 4.55 Å². The fourth-order valence-electron chi connectivity index (χ4n) is 2.25. The van der Waals surface area contributed by atoms with Gasteiger partial charge in [0.15, 0.2) is 0 Å². The quantitative estimate of drug-likeness (QED) is 0.848. The van der Waals surface area contributed by atoms with Crippen molar-refractivity contribution in [3.05, 3.63) is 35.9 Å². The summed E-state index contributed by atoms with van der Waals surface area (Å²) in [4.78, 5) is 0. The van der Waals surface area contributed by atoms with Crippen molar-refractivity contribution in [3.63, 3.8) is 0 Å². The maximum absolute atomic E-state index is 12.3. The minimum absolute atomic E-state index is 0.0551. The van der Waals surface area contributed by atoms with Crippen LogP contribution in [0.4, 0.5) is 0 Å². The zero-order chi connectivity index (χ0) is 13.2. The molecule has 0 saturated heterocycles. The SMILES string of the molecule is CC(C)(C)[S+]([O-])NC1(Cc2ccccc2)CCC1. The second kappa shape index (κ2) is 5.24. The molecule has 18 heavy (non-hydrogen) atoms. The summed E-state index contributed by atoms with van der Waals surface area (Å²) in [6.45, 7) is 6.06. The van der Waals surface area contributed by atoms with Crippen LogP contribution in [0.25, 0.3) is 0 Å². The molecule has 2 nitrogen and oxygen atoms in total. The largest absolute Gasteiger partial charge is 0.598 e. The van der Waals surface area contributed by atoms with E-state index in [4.69, 9.17) is 0 Å². The van der Waals surface area contributed by atoms with Gasteiger partial charge >= 0.3 is 0 Å². The third-order valence-corrected chi connectivity index (χ3v) is 5.29. The molecule has 1 fully saturated rings. The van der Waals surface area contributed by atoms with Crippen LogP contribution in [0, 0.1) is 0 Å². The Hall–Kier alpha value is -0.510. The predicted molar refractivity (Wildman–Crippen MR) is 77.8 cm³/mol. The molecule has 1 saturated carbocycles. The topological polar surface area (TPSA) is 35.1 Å². The van der Waals surface area contributed by atoms with Crippen molar-refractivity contribution in [2.75, 3.05) is 0 Å². The summed E-state index contributed by atoms with van der Waals surface area (Å²) in [5, 5.41) is 0. The highest BCUT2D eigenvalue weighted by atomic mass is 32.2. The van der Waals surface area contributed by atoms with Gasteiger partial charge in [-0.05, 0) is 52.0 Å². The first-order chi connectivity index (χ1) is 8.41. The summed E-state index contributed by atoms with van der Waals surface area (Å²) >= 11 is -0.979. The van der Waals surface area contributed by atoms with Crippen LogP contribution in [0.15, 0.2) is 30.3 Å². The van der Waals surface area contributed by atoms with Crippen molar-refractivity contribution in [1.29, 1.82) is 0 Å². The van der Waals surface area contributed by atoms with Crippen LogP contribution in [-0.2, 0) is 17.8 Å². The minimum Gasteiger partial charge on any atom is -0.598 e. The molecular formula is C15H23NOS. The third kappa shape index (κ3) is 3.28. The molecule has 0 aromatic heterocycles. The normalized spacial score (nSPS) is 20.2. The van der Waals surface area contributed by atoms with E-state index < -0.39 is 11.4 Å². The van der Waals surface area contributed by atoms with Gasteiger partial charge in [-0.2, -0.15) is 0 Å². The summed E-state index contributed by atoms with van der Waals surface area (Å²) in [6.07, 6.45) is 4.48. The maximum atomic E-state index is 12.3. The fourth-order valence-corrected chi connectivity index (χ4v) is 3.23. The van der Waals surface area contributed by atoms with Gasteiger partial charge in [0.05, 0.1) is 5.54 Å². The van der Waals surface area contributed by atoms with E-state index in [1.54, 1.807) is 0 Å². The molecule has 0 amide bonds. The summed E-state index contributed by atoms with van der Waals surface area (Å²) in [5.74, 6) is 0. The smallest absolute Gasteiger partial charge is 0.136 e. The first-order valence-corrected chi connectivity index (χ1v) is 7.80. The fraction of sp³-hybridized carbons (Fsp3) is 0.600. The lowest BCUT2D eigenvalue weighted by Gasteiger charge is -2.43. The van der Waals surface area contributed by atoms with Crippen LogP contribution in [0.3, 0.4) is 0 Å². The van der Waals surface area contributed by atoms with Crippen LogP contribution in [0.2, 0.25) is 0 Å². The minimum atomic E-state index is -0.979. The highest BCUT2D eigenvalue weighted by molar-refractivity contribution is 7.90. The molecule has 1 N–H and O–H groups in total. The van der Waals surface area contributed by atoms with Crippen LogP contribution in [0.1, 0.15) is 45.6 Å². The van der Waals surface area contributed by atoms with E-state index in [1.165, 1.54) is 12.0 Å². The number of rotatable bonds is 4. The molecule has 100 valence electrons. The Balaban J connectivity index is 2.03. The van der Waals surface area contributed by atoms with Crippen molar-refractivity contribution in [2.24, 2.45) is 0 Å². The van der Waals surface area contributed by atoms with Crippen LogP contribution >= 0.6 is 0 Å². The molecule has 1 aromatic carbocycles. The molecular weight excluding hydrogens is 242 g/mol. The third-order valence-electron chi connectivity index (χ3n) is 3.56. The molecule has 1 aliphatic rings. The average molecular weight is 265 g/mol. The van der Waals surface area contributed by atoms with Gasteiger partial charge in [-0.1, -0.05) is 30.3 Å². The van der Waals surface area contributed by atoms with Crippen molar-refractivity contribution >= 4 is 11.4 Å². The van der Waals surface area contributed by atoms with Crippen molar-refractivity contribution < 1.29 is 4.55 Å². The van der Waals surface area contributed by atoms with Crippen molar-refractivity contribution in [1.82, 2.24) is 4.72 Å². The zero-order valence-corrected chi connectivity index (χ0v) is 12.3. The van der Waals surface area contributed by atoms with Crippen molar-refractivity contribution in [3.8, 4) is 0 Å². The molecule has 1 unspecified atom stereocenters. The second-order valence-corrected chi connectivity index (χ2v) is 8.25. The molecule has 1 atom stereocenters. The molecule has 0 heterocycles. The van der Waals surface area contributed by atoms with Gasteiger partial charge in [0.2, 0.25) is 0 Å². The Morgan fingerprint density at radius 2 is 1.83 bits per heavy atom.